The summed E-state index contributed by atoms with van der Waals surface area (Å²) < 4.78 is 0.782. The van der Waals surface area contributed by atoms with Gasteiger partial charge in [-0.3, -0.25) is 4.79 Å². The zero-order chi connectivity index (χ0) is 10.1. The number of halogens is 1. The Morgan fingerprint density at radius 1 is 1.50 bits per heavy atom. The van der Waals surface area contributed by atoms with Crippen LogP contribution in [0.15, 0.2) is 18.2 Å². The minimum Gasteiger partial charge on any atom is -0.298 e. The molecule has 1 aromatic heterocycles. The summed E-state index contributed by atoms with van der Waals surface area (Å²) >= 11 is 7.22. The van der Waals surface area contributed by atoms with Crippen molar-refractivity contribution < 1.29 is 4.79 Å². The van der Waals surface area contributed by atoms with E-state index in [0.29, 0.717) is 15.5 Å². The summed E-state index contributed by atoms with van der Waals surface area (Å²) in [7, 11) is 0. The van der Waals surface area contributed by atoms with Crippen LogP contribution in [0.4, 0.5) is 0 Å². The molecule has 0 bridgehead atoms. The third-order valence-corrected chi connectivity index (χ3v) is 3.32. The highest BCUT2D eigenvalue weighted by Crippen LogP contribution is 2.32. The SMILES string of the molecule is N#Cc1cc2c(Cl)ccc(C=O)c2s1. The van der Waals surface area contributed by atoms with Gasteiger partial charge in [0.1, 0.15) is 10.9 Å². The molecule has 0 unspecified atom stereocenters. The minimum atomic E-state index is 0.566. The number of hydrogen-bond acceptors (Lipinski definition) is 3. The second-order valence-corrected chi connectivity index (χ2v) is 4.18. The summed E-state index contributed by atoms with van der Waals surface area (Å²) in [6.07, 6.45) is 0.774. The molecule has 0 atom stereocenters. The molecule has 0 saturated heterocycles. The molecular weight excluding hydrogens is 218 g/mol. The highest BCUT2D eigenvalue weighted by molar-refractivity contribution is 7.20. The van der Waals surface area contributed by atoms with Crippen molar-refractivity contribution in [3.05, 3.63) is 33.7 Å². The number of nitriles is 1. The van der Waals surface area contributed by atoms with Crippen LogP contribution in [-0.2, 0) is 0 Å². The number of fused-ring (bicyclic) bond motifs is 1. The van der Waals surface area contributed by atoms with Crippen LogP contribution in [0.3, 0.4) is 0 Å². The Labute approximate surface area is 89.3 Å². The van der Waals surface area contributed by atoms with Gasteiger partial charge in [-0.2, -0.15) is 5.26 Å². The second-order valence-electron chi connectivity index (χ2n) is 2.72. The zero-order valence-corrected chi connectivity index (χ0v) is 8.52. The van der Waals surface area contributed by atoms with E-state index in [9.17, 15) is 4.79 Å². The van der Waals surface area contributed by atoms with Gasteiger partial charge in [-0.15, -0.1) is 11.3 Å². The second kappa shape index (κ2) is 3.41. The number of benzene rings is 1. The predicted octanol–water partition coefficient (Wildman–Crippen LogP) is 3.24. The molecule has 14 heavy (non-hydrogen) atoms. The molecule has 2 nitrogen and oxygen atoms in total. The summed E-state index contributed by atoms with van der Waals surface area (Å²) in [5, 5.41) is 10.1. The number of nitrogens with zero attached hydrogens (tertiary/aromatic N) is 1. The fourth-order valence-corrected chi connectivity index (χ4v) is 2.48. The van der Waals surface area contributed by atoms with E-state index in [1.54, 1.807) is 18.2 Å². The first-order valence-corrected chi connectivity index (χ1v) is 5.03. The smallest absolute Gasteiger partial charge is 0.151 e. The van der Waals surface area contributed by atoms with Gasteiger partial charge in [-0.1, -0.05) is 11.6 Å². The molecule has 0 fully saturated rings. The van der Waals surface area contributed by atoms with Crippen molar-refractivity contribution in [2.45, 2.75) is 0 Å². The van der Waals surface area contributed by atoms with E-state index in [2.05, 4.69) is 0 Å². The Morgan fingerprint density at radius 3 is 2.93 bits per heavy atom. The molecular formula is C10H4ClNOS. The lowest BCUT2D eigenvalue weighted by Gasteiger charge is -1.95. The lowest BCUT2D eigenvalue weighted by molar-refractivity contribution is 0.112. The Morgan fingerprint density at radius 2 is 2.29 bits per heavy atom. The van der Waals surface area contributed by atoms with Gasteiger partial charge in [0.05, 0.1) is 0 Å². The van der Waals surface area contributed by atoms with Crippen molar-refractivity contribution in [1.82, 2.24) is 0 Å². The van der Waals surface area contributed by atoms with Gasteiger partial charge < -0.3 is 0 Å². The van der Waals surface area contributed by atoms with Crippen molar-refractivity contribution in [2.75, 3.05) is 0 Å². The number of carbonyl (C=O) groups is 1. The van der Waals surface area contributed by atoms with E-state index in [1.807, 2.05) is 6.07 Å². The summed E-state index contributed by atoms with van der Waals surface area (Å²) in [5.74, 6) is 0. The summed E-state index contributed by atoms with van der Waals surface area (Å²) in [5.41, 5.74) is 0.580. The molecule has 0 radical (unpaired) electrons. The molecule has 1 aromatic carbocycles. The first kappa shape index (κ1) is 9.20. The quantitative estimate of drug-likeness (QED) is 0.694. The minimum absolute atomic E-state index is 0.566. The summed E-state index contributed by atoms with van der Waals surface area (Å²) in [4.78, 5) is 11.3. The van der Waals surface area contributed by atoms with E-state index in [1.165, 1.54) is 11.3 Å². The molecule has 68 valence electrons. The largest absolute Gasteiger partial charge is 0.298 e. The van der Waals surface area contributed by atoms with Gasteiger partial charge in [0.15, 0.2) is 6.29 Å². The van der Waals surface area contributed by atoms with Crippen molar-refractivity contribution >= 4 is 39.3 Å². The molecule has 0 aliphatic rings. The lowest BCUT2D eigenvalue weighted by Crippen LogP contribution is -1.78. The van der Waals surface area contributed by atoms with Crippen LogP contribution in [-0.4, -0.2) is 6.29 Å². The molecule has 0 aliphatic heterocycles. The van der Waals surface area contributed by atoms with E-state index in [0.717, 1.165) is 16.4 Å². The van der Waals surface area contributed by atoms with Crippen LogP contribution in [0, 0.1) is 11.3 Å². The van der Waals surface area contributed by atoms with Crippen LogP contribution in [0.1, 0.15) is 15.2 Å². The highest BCUT2D eigenvalue weighted by atomic mass is 35.5. The number of carbonyl (C=O) groups excluding carboxylic acids is 1. The third-order valence-electron chi connectivity index (χ3n) is 1.90. The molecule has 1 heterocycles. The molecule has 0 aliphatic carbocycles. The van der Waals surface area contributed by atoms with Crippen LogP contribution in [0.2, 0.25) is 5.02 Å². The number of hydrogen-bond donors (Lipinski definition) is 0. The maximum absolute atomic E-state index is 10.7. The van der Waals surface area contributed by atoms with Crippen LogP contribution in [0.25, 0.3) is 10.1 Å². The van der Waals surface area contributed by atoms with Gasteiger partial charge in [-0.25, -0.2) is 0 Å². The maximum atomic E-state index is 10.7. The summed E-state index contributed by atoms with van der Waals surface area (Å²) in [6.45, 7) is 0. The normalized spacial score (nSPS) is 10.0. The Hall–Kier alpha value is -1.37. The monoisotopic (exact) mass is 221 g/mol. The topological polar surface area (TPSA) is 40.9 Å². The van der Waals surface area contributed by atoms with Gasteiger partial charge in [0, 0.05) is 20.7 Å². The predicted molar refractivity (Wildman–Crippen MR) is 56.9 cm³/mol. The molecule has 2 aromatic rings. The van der Waals surface area contributed by atoms with Crippen LogP contribution >= 0.6 is 22.9 Å². The Bertz CT molecular complexity index is 553. The number of thiophene rings is 1. The standard InChI is InChI=1S/C10H4ClNOS/c11-9-2-1-6(5-13)10-8(9)3-7(4-12)14-10/h1-3,5H. The average Bonchev–Trinajstić information content (AvgIpc) is 2.63. The first-order chi connectivity index (χ1) is 6.76. The molecule has 0 N–H and O–H groups in total. The van der Waals surface area contributed by atoms with E-state index in [-0.39, 0.29) is 0 Å². The molecule has 0 spiro atoms. The molecule has 0 saturated carbocycles. The molecule has 0 amide bonds. The van der Waals surface area contributed by atoms with E-state index in [4.69, 9.17) is 16.9 Å². The van der Waals surface area contributed by atoms with E-state index < -0.39 is 0 Å². The fourth-order valence-electron chi connectivity index (χ4n) is 1.26. The lowest BCUT2D eigenvalue weighted by atomic mass is 10.2. The Balaban J connectivity index is 2.89. The molecule has 2 rings (SSSR count). The Kier molecular flexibility index (Phi) is 2.24. The highest BCUT2D eigenvalue weighted by Gasteiger charge is 2.08. The number of aldehydes is 1. The number of rotatable bonds is 1. The third kappa shape index (κ3) is 1.29. The van der Waals surface area contributed by atoms with Crippen LogP contribution < -0.4 is 0 Å². The van der Waals surface area contributed by atoms with Crippen molar-refractivity contribution in [1.29, 1.82) is 5.26 Å². The van der Waals surface area contributed by atoms with Crippen molar-refractivity contribution in [3.8, 4) is 6.07 Å². The van der Waals surface area contributed by atoms with E-state index >= 15 is 0 Å². The van der Waals surface area contributed by atoms with Crippen molar-refractivity contribution in [2.24, 2.45) is 0 Å². The van der Waals surface area contributed by atoms with Crippen molar-refractivity contribution in [3.63, 3.8) is 0 Å². The molecule has 4 heteroatoms. The van der Waals surface area contributed by atoms with Gasteiger partial charge >= 0.3 is 0 Å². The van der Waals surface area contributed by atoms with Gasteiger partial charge in [0.25, 0.3) is 0 Å². The first-order valence-electron chi connectivity index (χ1n) is 3.83. The maximum Gasteiger partial charge on any atom is 0.151 e. The zero-order valence-electron chi connectivity index (χ0n) is 6.95. The van der Waals surface area contributed by atoms with Gasteiger partial charge in [-0.05, 0) is 18.2 Å². The fraction of sp³-hybridized carbons (Fsp3) is 0. The summed E-state index contributed by atoms with van der Waals surface area (Å²) in [6, 6.07) is 7.07. The van der Waals surface area contributed by atoms with Gasteiger partial charge in [0.2, 0.25) is 0 Å². The average molecular weight is 222 g/mol. The van der Waals surface area contributed by atoms with Crippen LogP contribution in [0.5, 0.6) is 0 Å².